The molecule has 0 aliphatic heterocycles. The first-order valence-electron chi connectivity index (χ1n) is 8.42. The largest absolute Gasteiger partial charge is 0.345 e. The van der Waals surface area contributed by atoms with E-state index < -0.39 is 6.02 Å². The van der Waals surface area contributed by atoms with Crippen LogP contribution in [0.4, 0.5) is 0 Å². The highest BCUT2D eigenvalue weighted by molar-refractivity contribution is 6.00. The van der Waals surface area contributed by atoms with Gasteiger partial charge in [0.1, 0.15) is 5.65 Å². The van der Waals surface area contributed by atoms with Crippen molar-refractivity contribution in [2.75, 3.05) is 0 Å². The van der Waals surface area contributed by atoms with Gasteiger partial charge in [-0.25, -0.2) is 4.98 Å². The fourth-order valence-electron chi connectivity index (χ4n) is 3.27. The number of benzene rings is 1. The van der Waals surface area contributed by atoms with Gasteiger partial charge in [-0.05, 0) is 49.4 Å². The summed E-state index contributed by atoms with van der Waals surface area (Å²) in [7, 11) is 0. The van der Waals surface area contributed by atoms with Gasteiger partial charge in [0, 0.05) is 18.1 Å². The maximum absolute atomic E-state index is 12.8. The Hall–Kier alpha value is -2.62. The average molecular weight is 306 g/mol. The molecule has 0 saturated carbocycles. The lowest BCUT2D eigenvalue weighted by molar-refractivity contribution is 0.0934. The van der Waals surface area contributed by atoms with Crippen molar-refractivity contribution < 1.29 is 6.17 Å². The molecule has 0 spiro atoms. The van der Waals surface area contributed by atoms with Gasteiger partial charge in [0.25, 0.3) is 5.91 Å². The molecule has 1 atom stereocenters. The van der Waals surface area contributed by atoms with Crippen LogP contribution < -0.4 is 5.32 Å². The molecule has 0 fully saturated rings. The van der Waals surface area contributed by atoms with Gasteiger partial charge >= 0.3 is 0 Å². The molecule has 1 aliphatic rings. The second kappa shape index (κ2) is 5.54. The lowest BCUT2D eigenvalue weighted by Crippen LogP contribution is -2.31. The first-order valence-corrected chi connectivity index (χ1v) is 7.92. The van der Waals surface area contributed by atoms with Gasteiger partial charge in [0.2, 0.25) is 0 Å². The highest BCUT2D eigenvalue weighted by Gasteiger charge is 2.23. The minimum Gasteiger partial charge on any atom is -0.345 e. The summed E-state index contributed by atoms with van der Waals surface area (Å²) in [5.41, 5.74) is 4.20. The molecule has 1 N–H and O–H groups in total. The minimum absolute atomic E-state index is 0.248. The van der Waals surface area contributed by atoms with Crippen molar-refractivity contribution in [3.05, 3.63) is 71.2 Å². The number of rotatable bonds is 2. The van der Waals surface area contributed by atoms with Crippen LogP contribution in [0.25, 0.3) is 5.65 Å². The van der Waals surface area contributed by atoms with Crippen LogP contribution >= 0.6 is 0 Å². The van der Waals surface area contributed by atoms with Crippen molar-refractivity contribution in [3.63, 3.8) is 0 Å². The smallest absolute Gasteiger partial charge is 0.255 e. The van der Waals surface area contributed by atoms with Crippen LogP contribution in [0.3, 0.4) is 0 Å². The monoisotopic (exact) mass is 306 g/mol. The third kappa shape index (κ3) is 2.40. The van der Waals surface area contributed by atoms with Crippen LogP contribution in [0, 0.1) is 6.92 Å². The predicted octanol–water partition coefficient (Wildman–Crippen LogP) is 3.45. The maximum Gasteiger partial charge on any atom is 0.255 e. The van der Waals surface area contributed by atoms with Gasteiger partial charge in [0.15, 0.2) is 0 Å². The van der Waals surface area contributed by atoms with E-state index in [1.165, 1.54) is 0 Å². The number of hydrogen-bond acceptors (Lipinski definition) is 2. The summed E-state index contributed by atoms with van der Waals surface area (Å²) in [6.45, 7) is 1.97. The third-order valence-corrected chi connectivity index (χ3v) is 4.48. The van der Waals surface area contributed by atoms with E-state index in [4.69, 9.17) is 1.37 Å². The Balaban J connectivity index is 1.70. The standard InChI is InChI=1S/C19H19N3O/c1-13-9-11-20-18-16(10-12-22(13)18)19(23)21-17-8-4-6-14-5-2-3-7-15(14)17/h2-3,5,7,9-12,17H,4,6,8H2,1H3,(H,21,23)/i17D. The van der Waals surface area contributed by atoms with Crippen LogP contribution in [0.5, 0.6) is 0 Å². The summed E-state index contributed by atoms with van der Waals surface area (Å²) in [6, 6.07) is 10.5. The fourth-order valence-corrected chi connectivity index (χ4v) is 3.27. The lowest BCUT2D eigenvalue weighted by Gasteiger charge is -2.26. The molecule has 23 heavy (non-hydrogen) atoms. The molecule has 2 aromatic heterocycles. The highest BCUT2D eigenvalue weighted by atomic mass is 16.1. The molecule has 4 heteroatoms. The van der Waals surface area contributed by atoms with Crippen molar-refractivity contribution in [3.8, 4) is 0 Å². The number of carbonyl (C=O) groups is 1. The first-order chi connectivity index (χ1) is 11.6. The fraction of sp³-hybridized carbons (Fsp3) is 0.263. The Morgan fingerprint density at radius 3 is 3.13 bits per heavy atom. The molecule has 1 aromatic carbocycles. The summed E-state index contributed by atoms with van der Waals surface area (Å²) in [4.78, 5) is 17.2. The first kappa shape index (κ1) is 12.9. The topological polar surface area (TPSA) is 46.4 Å². The van der Waals surface area contributed by atoms with Crippen LogP contribution in [0.2, 0.25) is 0 Å². The summed E-state index contributed by atoms with van der Waals surface area (Å²) < 4.78 is 10.7. The van der Waals surface area contributed by atoms with Crippen LogP contribution in [-0.4, -0.2) is 15.3 Å². The van der Waals surface area contributed by atoms with E-state index in [1.54, 1.807) is 12.3 Å². The van der Waals surface area contributed by atoms with Crippen molar-refractivity contribution in [1.82, 2.24) is 14.7 Å². The Morgan fingerprint density at radius 2 is 2.22 bits per heavy atom. The van der Waals surface area contributed by atoms with Gasteiger partial charge in [-0.2, -0.15) is 0 Å². The SMILES string of the molecule is [2H]C1(NC(=O)c2ccn3c(C)ccnc23)CCCc2ccccc21. The zero-order valence-electron chi connectivity index (χ0n) is 14.0. The molecule has 2 heterocycles. The molecule has 4 rings (SSSR count). The van der Waals surface area contributed by atoms with Gasteiger partial charge < -0.3 is 9.72 Å². The molecule has 116 valence electrons. The third-order valence-electron chi connectivity index (χ3n) is 4.48. The minimum atomic E-state index is -1.08. The lowest BCUT2D eigenvalue weighted by atomic mass is 9.87. The predicted molar refractivity (Wildman–Crippen MR) is 89.5 cm³/mol. The zero-order valence-corrected chi connectivity index (χ0v) is 13.0. The van der Waals surface area contributed by atoms with E-state index in [2.05, 4.69) is 10.3 Å². The molecule has 0 saturated heterocycles. The number of nitrogens with one attached hydrogen (secondary N) is 1. The second-order valence-corrected chi connectivity index (χ2v) is 5.95. The van der Waals surface area contributed by atoms with Gasteiger partial charge in [-0.1, -0.05) is 24.3 Å². The number of nitrogens with zero attached hydrogens (tertiary/aromatic N) is 2. The Bertz CT molecular complexity index is 933. The number of hydrogen-bond donors (Lipinski definition) is 1. The van der Waals surface area contributed by atoms with Gasteiger partial charge in [-0.3, -0.25) is 4.79 Å². The van der Waals surface area contributed by atoms with Crippen LogP contribution in [0.1, 0.15) is 47.4 Å². The molecule has 4 nitrogen and oxygen atoms in total. The number of aromatic nitrogens is 2. The quantitative estimate of drug-likeness (QED) is 0.788. The Morgan fingerprint density at radius 1 is 1.35 bits per heavy atom. The normalized spacial score (nSPS) is 20.8. The summed E-state index contributed by atoms with van der Waals surface area (Å²) in [5, 5.41) is 2.94. The molecule has 0 bridgehead atoms. The maximum atomic E-state index is 12.8. The van der Waals surface area contributed by atoms with Crippen molar-refractivity contribution in [2.24, 2.45) is 0 Å². The van der Waals surface area contributed by atoms with Crippen LogP contribution in [-0.2, 0) is 6.42 Å². The molecule has 3 aromatic rings. The Kier molecular flexibility index (Phi) is 3.10. The van der Waals surface area contributed by atoms with Crippen molar-refractivity contribution in [2.45, 2.75) is 32.2 Å². The average Bonchev–Trinajstić information content (AvgIpc) is 3.01. The van der Waals surface area contributed by atoms with E-state index in [1.807, 2.05) is 47.9 Å². The van der Waals surface area contributed by atoms with E-state index in [0.717, 1.165) is 29.7 Å². The van der Waals surface area contributed by atoms with E-state index in [-0.39, 0.29) is 5.91 Å². The molecule has 1 aliphatic carbocycles. The van der Waals surface area contributed by atoms with Crippen molar-refractivity contribution in [1.29, 1.82) is 0 Å². The summed E-state index contributed by atoms with van der Waals surface area (Å²) in [6.07, 6.45) is 6.02. The van der Waals surface area contributed by atoms with E-state index in [0.29, 0.717) is 17.6 Å². The van der Waals surface area contributed by atoms with Gasteiger partial charge in [-0.15, -0.1) is 0 Å². The van der Waals surface area contributed by atoms with Gasteiger partial charge in [0.05, 0.1) is 13.0 Å². The second-order valence-electron chi connectivity index (χ2n) is 5.95. The summed E-state index contributed by atoms with van der Waals surface area (Å²) >= 11 is 0. The number of fused-ring (bicyclic) bond motifs is 2. The number of aryl methyl sites for hydroxylation is 2. The molecular weight excluding hydrogens is 286 g/mol. The highest BCUT2D eigenvalue weighted by Crippen LogP contribution is 2.29. The molecule has 1 amide bonds. The van der Waals surface area contributed by atoms with Crippen molar-refractivity contribution >= 4 is 11.6 Å². The van der Waals surface area contributed by atoms with E-state index in [9.17, 15) is 4.79 Å². The zero-order chi connectivity index (χ0) is 16.7. The molecular formula is C19H19N3O. The summed E-state index contributed by atoms with van der Waals surface area (Å²) in [5.74, 6) is -0.248. The number of amides is 1. The molecule has 1 unspecified atom stereocenters. The number of carbonyl (C=O) groups excluding carboxylic acids is 1. The Labute approximate surface area is 136 Å². The molecule has 0 radical (unpaired) electrons. The van der Waals surface area contributed by atoms with E-state index >= 15 is 0 Å². The van der Waals surface area contributed by atoms with Crippen LogP contribution in [0.15, 0.2) is 48.8 Å².